The fourth-order valence-electron chi connectivity index (χ4n) is 3.04. The van der Waals surface area contributed by atoms with E-state index >= 15 is 0 Å². The molecule has 2 aromatic carbocycles. The smallest absolute Gasteiger partial charge is 0.260 e. The zero-order chi connectivity index (χ0) is 19.1. The van der Waals surface area contributed by atoms with Crippen LogP contribution in [0.4, 0.5) is 4.39 Å². The standard InChI is InChI=1S/C21H24FNO3S/c1-2-25-16-7-9-17(10-8-16)26-15-21(24)23-12-11-20(27-14-13-23)18-5-3-4-6-19(18)22/h3-10,20H,2,11-15H2,1H3. The molecule has 1 aliphatic rings. The second kappa shape index (κ2) is 9.65. The summed E-state index contributed by atoms with van der Waals surface area (Å²) in [4.78, 5) is 14.3. The van der Waals surface area contributed by atoms with Gasteiger partial charge in [-0.2, -0.15) is 11.8 Å². The Morgan fingerprint density at radius 1 is 1.11 bits per heavy atom. The molecule has 0 spiro atoms. The third-order valence-corrected chi connectivity index (χ3v) is 5.75. The molecule has 4 nitrogen and oxygen atoms in total. The predicted octanol–water partition coefficient (Wildman–Crippen LogP) is 4.31. The number of carbonyl (C=O) groups excluding carboxylic acids is 1. The Labute approximate surface area is 163 Å². The van der Waals surface area contributed by atoms with E-state index in [0.717, 1.165) is 23.5 Å². The van der Waals surface area contributed by atoms with E-state index in [1.165, 1.54) is 6.07 Å². The molecule has 0 saturated carbocycles. The average molecular weight is 389 g/mol. The normalized spacial score (nSPS) is 17.3. The van der Waals surface area contributed by atoms with Crippen molar-refractivity contribution in [2.45, 2.75) is 18.6 Å². The highest BCUT2D eigenvalue weighted by molar-refractivity contribution is 7.99. The number of benzene rings is 2. The minimum atomic E-state index is -0.173. The molecule has 1 amide bonds. The van der Waals surface area contributed by atoms with Crippen LogP contribution in [0.15, 0.2) is 48.5 Å². The number of hydrogen-bond acceptors (Lipinski definition) is 4. The molecule has 0 aromatic heterocycles. The summed E-state index contributed by atoms with van der Waals surface area (Å²) >= 11 is 1.70. The Balaban J connectivity index is 1.51. The first kappa shape index (κ1) is 19.5. The molecule has 1 atom stereocenters. The van der Waals surface area contributed by atoms with Crippen molar-refractivity contribution in [3.05, 3.63) is 59.9 Å². The van der Waals surface area contributed by atoms with Crippen LogP contribution in [-0.2, 0) is 4.79 Å². The maximum atomic E-state index is 14.0. The molecule has 1 heterocycles. The van der Waals surface area contributed by atoms with E-state index in [1.807, 2.05) is 36.1 Å². The van der Waals surface area contributed by atoms with Crippen LogP contribution in [0.25, 0.3) is 0 Å². The third-order valence-electron chi connectivity index (χ3n) is 4.44. The molecular formula is C21H24FNO3S. The van der Waals surface area contributed by atoms with Crippen LogP contribution in [0.2, 0.25) is 0 Å². The molecule has 1 fully saturated rings. The van der Waals surface area contributed by atoms with Crippen molar-refractivity contribution in [1.29, 1.82) is 0 Å². The number of thioether (sulfide) groups is 1. The number of carbonyl (C=O) groups is 1. The number of hydrogen-bond donors (Lipinski definition) is 0. The zero-order valence-electron chi connectivity index (χ0n) is 15.4. The van der Waals surface area contributed by atoms with Gasteiger partial charge in [0, 0.05) is 29.7 Å². The topological polar surface area (TPSA) is 38.8 Å². The van der Waals surface area contributed by atoms with Crippen LogP contribution >= 0.6 is 11.8 Å². The van der Waals surface area contributed by atoms with Gasteiger partial charge in [-0.25, -0.2) is 4.39 Å². The summed E-state index contributed by atoms with van der Waals surface area (Å²) in [6, 6.07) is 14.1. The lowest BCUT2D eigenvalue weighted by Crippen LogP contribution is -2.36. The van der Waals surface area contributed by atoms with E-state index in [0.29, 0.717) is 25.4 Å². The van der Waals surface area contributed by atoms with Gasteiger partial charge >= 0.3 is 0 Å². The Kier molecular flexibility index (Phi) is 6.98. The Bertz CT molecular complexity index is 753. The molecule has 0 bridgehead atoms. The second-order valence-electron chi connectivity index (χ2n) is 6.24. The summed E-state index contributed by atoms with van der Waals surface area (Å²) in [5.41, 5.74) is 0.724. The molecule has 0 radical (unpaired) electrons. The van der Waals surface area contributed by atoms with Gasteiger partial charge in [-0.05, 0) is 43.7 Å². The number of nitrogens with zero attached hydrogens (tertiary/aromatic N) is 1. The van der Waals surface area contributed by atoms with Gasteiger partial charge in [0.25, 0.3) is 5.91 Å². The Morgan fingerprint density at radius 3 is 2.52 bits per heavy atom. The van der Waals surface area contributed by atoms with Gasteiger partial charge in [0.1, 0.15) is 17.3 Å². The maximum absolute atomic E-state index is 14.0. The van der Waals surface area contributed by atoms with Gasteiger partial charge in [-0.15, -0.1) is 0 Å². The molecule has 1 saturated heterocycles. The lowest BCUT2D eigenvalue weighted by atomic mass is 10.1. The maximum Gasteiger partial charge on any atom is 0.260 e. The van der Waals surface area contributed by atoms with Crippen molar-refractivity contribution in [3.8, 4) is 11.5 Å². The molecule has 0 N–H and O–H groups in total. The van der Waals surface area contributed by atoms with E-state index < -0.39 is 0 Å². The summed E-state index contributed by atoms with van der Waals surface area (Å²) in [6.45, 7) is 3.81. The van der Waals surface area contributed by atoms with Crippen molar-refractivity contribution < 1.29 is 18.7 Å². The van der Waals surface area contributed by atoms with E-state index in [1.54, 1.807) is 30.0 Å². The van der Waals surface area contributed by atoms with Gasteiger partial charge in [0.2, 0.25) is 0 Å². The summed E-state index contributed by atoms with van der Waals surface area (Å²) in [6.07, 6.45) is 0.737. The minimum Gasteiger partial charge on any atom is -0.494 e. The molecule has 27 heavy (non-hydrogen) atoms. The minimum absolute atomic E-state index is 0.00299. The van der Waals surface area contributed by atoms with Gasteiger partial charge in [0.05, 0.1) is 6.61 Å². The number of amides is 1. The van der Waals surface area contributed by atoms with Gasteiger partial charge in [0.15, 0.2) is 6.61 Å². The molecule has 6 heteroatoms. The lowest BCUT2D eigenvalue weighted by Gasteiger charge is -2.20. The zero-order valence-corrected chi connectivity index (χ0v) is 16.2. The second-order valence-corrected chi connectivity index (χ2v) is 7.55. The summed E-state index contributed by atoms with van der Waals surface area (Å²) in [5.74, 6) is 1.99. The molecule has 3 rings (SSSR count). The average Bonchev–Trinajstić information content (AvgIpc) is 2.94. The molecule has 2 aromatic rings. The SMILES string of the molecule is CCOc1ccc(OCC(=O)N2CCSC(c3ccccc3F)CC2)cc1. The fourth-order valence-corrected chi connectivity index (χ4v) is 4.29. The van der Waals surface area contributed by atoms with Crippen LogP contribution in [0.5, 0.6) is 11.5 Å². The first-order chi connectivity index (χ1) is 13.2. The number of halogens is 1. The van der Waals surface area contributed by atoms with Crippen molar-refractivity contribution in [1.82, 2.24) is 4.90 Å². The molecule has 1 unspecified atom stereocenters. The van der Waals surface area contributed by atoms with Crippen molar-refractivity contribution in [2.75, 3.05) is 32.1 Å². The Morgan fingerprint density at radius 2 is 1.81 bits per heavy atom. The van der Waals surface area contributed by atoms with Crippen LogP contribution in [0.3, 0.4) is 0 Å². The van der Waals surface area contributed by atoms with Crippen LogP contribution in [0.1, 0.15) is 24.2 Å². The van der Waals surface area contributed by atoms with E-state index in [4.69, 9.17) is 9.47 Å². The van der Waals surface area contributed by atoms with Crippen molar-refractivity contribution >= 4 is 17.7 Å². The van der Waals surface area contributed by atoms with E-state index in [2.05, 4.69) is 0 Å². The van der Waals surface area contributed by atoms with Crippen LogP contribution < -0.4 is 9.47 Å². The van der Waals surface area contributed by atoms with Gasteiger partial charge in [-0.1, -0.05) is 18.2 Å². The lowest BCUT2D eigenvalue weighted by molar-refractivity contribution is -0.133. The number of ether oxygens (including phenoxy) is 2. The highest BCUT2D eigenvalue weighted by atomic mass is 32.2. The van der Waals surface area contributed by atoms with Crippen LogP contribution in [-0.4, -0.2) is 42.9 Å². The predicted molar refractivity (Wildman–Crippen MR) is 106 cm³/mol. The number of rotatable bonds is 6. The molecular weight excluding hydrogens is 365 g/mol. The highest BCUT2D eigenvalue weighted by Crippen LogP contribution is 2.35. The van der Waals surface area contributed by atoms with E-state index in [-0.39, 0.29) is 23.6 Å². The third kappa shape index (κ3) is 5.39. The van der Waals surface area contributed by atoms with E-state index in [9.17, 15) is 9.18 Å². The van der Waals surface area contributed by atoms with Gasteiger partial charge in [-0.3, -0.25) is 4.79 Å². The van der Waals surface area contributed by atoms with Gasteiger partial charge < -0.3 is 14.4 Å². The summed E-state index contributed by atoms with van der Waals surface area (Å²) in [7, 11) is 0. The fraction of sp³-hybridized carbons (Fsp3) is 0.381. The quantitative estimate of drug-likeness (QED) is 0.738. The molecule has 144 valence electrons. The molecule has 0 aliphatic carbocycles. The van der Waals surface area contributed by atoms with Crippen LogP contribution in [0, 0.1) is 5.82 Å². The monoisotopic (exact) mass is 389 g/mol. The summed E-state index contributed by atoms with van der Waals surface area (Å²) in [5, 5.41) is 0.0797. The Hall–Kier alpha value is -2.21. The van der Waals surface area contributed by atoms with Crippen molar-refractivity contribution in [2.24, 2.45) is 0 Å². The summed E-state index contributed by atoms with van der Waals surface area (Å²) < 4.78 is 25.0. The first-order valence-electron chi connectivity index (χ1n) is 9.17. The molecule has 1 aliphatic heterocycles. The highest BCUT2D eigenvalue weighted by Gasteiger charge is 2.23. The largest absolute Gasteiger partial charge is 0.494 e. The van der Waals surface area contributed by atoms with Crippen molar-refractivity contribution in [3.63, 3.8) is 0 Å². The first-order valence-corrected chi connectivity index (χ1v) is 10.2.